The van der Waals surface area contributed by atoms with Crippen LogP contribution in [0, 0.1) is 0 Å². The van der Waals surface area contributed by atoms with E-state index in [-0.39, 0.29) is 11.8 Å². The molecule has 0 aromatic heterocycles. The molecule has 3 aliphatic heterocycles. The van der Waals surface area contributed by atoms with Crippen molar-refractivity contribution in [3.05, 3.63) is 94.5 Å². The number of benzene rings is 3. The number of hydrogen-bond acceptors (Lipinski definition) is 6. The maximum atomic E-state index is 14.6. The molecule has 3 heterocycles. The molecule has 0 unspecified atom stereocenters. The summed E-state index contributed by atoms with van der Waals surface area (Å²) < 4.78 is 11.3. The van der Waals surface area contributed by atoms with E-state index in [0.29, 0.717) is 63.1 Å². The molecule has 8 nitrogen and oxygen atoms in total. The molecule has 3 aromatic rings. The summed E-state index contributed by atoms with van der Waals surface area (Å²) in [4.78, 5) is 37.3. The van der Waals surface area contributed by atoms with E-state index in [1.54, 1.807) is 0 Å². The summed E-state index contributed by atoms with van der Waals surface area (Å²) in [6.45, 7) is 9.48. The molecule has 0 saturated carbocycles. The third-order valence-corrected chi connectivity index (χ3v) is 9.00. The molecule has 2 atom stereocenters. The minimum Gasteiger partial charge on any atom is -0.494 e. The van der Waals surface area contributed by atoms with Gasteiger partial charge in [0.15, 0.2) is 0 Å². The summed E-state index contributed by atoms with van der Waals surface area (Å²) in [6.07, 6.45) is 0. The topological polar surface area (TPSA) is 65.6 Å². The number of ether oxygens (including phenoxy) is 2. The zero-order valence-electron chi connectivity index (χ0n) is 24.7. The number of amides is 2. The molecular formula is C34H39ClN4O4. The number of carbonyl (C=O) groups is 2. The first-order valence-corrected chi connectivity index (χ1v) is 15.6. The van der Waals surface area contributed by atoms with Gasteiger partial charge in [-0.05, 0) is 54.4 Å². The van der Waals surface area contributed by atoms with Crippen molar-refractivity contribution >= 4 is 29.1 Å². The SMILES string of the molecule is CCOc1ccc([C@@H]2[C@@H](C(=O)N3CCN(c4cccc(Cl)c4)CC3)c3ccccc3C(=O)N2CCN2CCOCC2)cc1. The van der Waals surface area contributed by atoms with Crippen molar-refractivity contribution in [2.45, 2.75) is 18.9 Å². The Kier molecular flexibility index (Phi) is 9.17. The standard InChI is InChI=1S/C34H39ClN4O4/c1-2-43-28-12-10-25(11-13-28)32-31(34(41)38-17-15-37(16-18-38)27-7-5-6-26(35)24-27)29-8-3-4-9-30(29)33(40)39(32)19-14-36-20-22-42-23-21-36/h3-13,24,31-32H,2,14-23H2,1H3/t31-,32+/m0/s1. The van der Waals surface area contributed by atoms with Crippen molar-refractivity contribution in [2.24, 2.45) is 0 Å². The number of fused-ring (bicyclic) bond motifs is 1. The molecule has 2 saturated heterocycles. The van der Waals surface area contributed by atoms with Crippen LogP contribution in [0.25, 0.3) is 0 Å². The van der Waals surface area contributed by atoms with Crippen LogP contribution in [-0.2, 0) is 9.53 Å². The number of rotatable bonds is 8. The second kappa shape index (κ2) is 13.4. The van der Waals surface area contributed by atoms with Gasteiger partial charge in [-0.2, -0.15) is 0 Å². The molecular weight excluding hydrogens is 564 g/mol. The Morgan fingerprint density at radius 1 is 0.907 bits per heavy atom. The molecule has 0 aliphatic carbocycles. The molecule has 2 amide bonds. The zero-order valence-corrected chi connectivity index (χ0v) is 25.4. The van der Waals surface area contributed by atoms with Crippen molar-refractivity contribution in [3.63, 3.8) is 0 Å². The Morgan fingerprint density at radius 2 is 1.65 bits per heavy atom. The fourth-order valence-electron chi connectivity index (χ4n) is 6.53. The van der Waals surface area contributed by atoms with Crippen LogP contribution in [0.15, 0.2) is 72.8 Å². The Labute approximate surface area is 258 Å². The lowest BCUT2D eigenvalue weighted by Crippen LogP contribution is -2.54. The zero-order chi connectivity index (χ0) is 29.8. The summed E-state index contributed by atoms with van der Waals surface area (Å²) in [5.74, 6) is 0.279. The van der Waals surface area contributed by atoms with Gasteiger partial charge in [-0.1, -0.05) is 48.0 Å². The average Bonchev–Trinajstić information content (AvgIpc) is 3.05. The third kappa shape index (κ3) is 6.37. The summed E-state index contributed by atoms with van der Waals surface area (Å²) in [6, 6.07) is 23.0. The molecule has 3 aliphatic rings. The Bertz CT molecular complexity index is 1420. The third-order valence-electron chi connectivity index (χ3n) is 8.76. The van der Waals surface area contributed by atoms with E-state index in [2.05, 4.69) is 15.9 Å². The highest BCUT2D eigenvalue weighted by molar-refractivity contribution is 6.30. The molecule has 43 heavy (non-hydrogen) atoms. The molecule has 0 radical (unpaired) electrons. The van der Waals surface area contributed by atoms with Crippen LogP contribution in [0.3, 0.4) is 0 Å². The first-order valence-electron chi connectivity index (χ1n) is 15.3. The van der Waals surface area contributed by atoms with E-state index in [4.69, 9.17) is 21.1 Å². The van der Waals surface area contributed by atoms with Crippen LogP contribution in [0.5, 0.6) is 5.75 Å². The highest BCUT2D eigenvalue weighted by Crippen LogP contribution is 2.44. The number of nitrogens with zero attached hydrogens (tertiary/aromatic N) is 4. The predicted octanol–water partition coefficient (Wildman–Crippen LogP) is 4.70. The van der Waals surface area contributed by atoms with Gasteiger partial charge in [0.25, 0.3) is 5.91 Å². The number of halogens is 1. The molecule has 6 rings (SSSR count). The maximum absolute atomic E-state index is 14.6. The van der Waals surface area contributed by atoms with Gasteiger partial charge in [0.2, 0.25) is 5.91 Å². The van der Waals surface area contributed by atoms with Gasteiger partial charge in [-0.3, -0.25) is 14.5 Å². The monoisotopic (exact) mass is 602 g/mol. The molecule has 9 heteroatoms. The number of morpholine rings is 1. The van der Waals surface area contributed by atoms with Crippen LogP contribution < -0.4 is 9.64 Å². The van der Waals surface area contributed by atoms with E-state index < -0.39 is 12.0 Å². The van der Waals surface area contributed by atoms with Crippen molar-refractivity contribution < 1.29 is 19.1 Å². The highest BCUT2D eigenvalue weighted by atomic mass is 35.5. The minimum atomic E-state index is -0.519. The lowest BCUT2D eigenvalue weighted by Gasteiger charge is -2.45. The van der Waals surface area contributed by atoms with Crippen LogP contribution in [-0.4, -0.2) is 98.7 Å². The highest BCUT2D eigenvalue weighted by Gasteiger charge is 2.45. The van der Waals surface area contributed by atoms with Gasteiger partial charge in [0.05, 0.1) is 31.8 Å². The first-order chi connectivity index (χ1) is 21.0. The van der Waals surface area contributed by atoms with E-state index in [1.807, 2.05) is 83.5 Å². The van der Waals surface area contributed by atoms with E-state index >= 15 is 0 Å². The van der Waals surface area contributed by atoms with Crippen LogP contribution in [0.4, 0.5) is 5.69 Å². The lowest BCUT2D eigenvalue weighted by molar-refractivity contribution is -0.135. The van der Waals surface area contributed by atoms with Crippen molar-refractivity contribution in [1.82, 2.24) is 14.7 Å². The Balaban J connectivity index is 1.32. The molecule has 0 bridgehead atoms. The van der Waals surface area contributed by atoms with Gasteiger partial charge in [0.1, 0.15) is 5.75 Å². The predicted molar refractivity (Wildman–Crippen MR) is 168 cm³/mol. The Hall–Kier alpha value is -3.59. The fraction of sp³-hybridized carbons (Fsp3) is 0.412. The molecule has 2 fully saturated rings. The number of hydrogen-bond donors (Lipinski definition) is 0. The normalized spacial score (nSPS) is 21.1. The van der Waals surface area contributed by atoms with Crippen LogP contribution in [0.2, 0.25) is 5.02 Å². The van der Waals surface area contributed by atoms with Crippen molar-refractivity contribution in [1.29, 1.82) is 0 Å². The van der Waals surface area contributed by atoms with Crippen molar-refractivity contribution in [2.75, 3.05) is 77.1 Å². The minimum absolute atomic E-state index is 0.0300. The molecule has 3 aromatic carbocycles. The van der Waals surface area contributed by atoms with Gasteiger partial charge in [0, 0.05) is 68.6 Å². The number of anilines is 1. The Morgan fingerprint density at radius 3 is 2.37 bits per heavy atom. The molecule has 226 valence electrons. The molecule has 0 N–H and O–H groups in total. The molecule has 0 spiro atoms. The quantitative estimate of drug-likeness (QED) is 0.372. The van der Waals surface area contributed by atoms with E-state index in [1.165, 1.54) is 0 Å². The fourth-order valence-corrected chi connectivity index (χ4v) is 6.72. The maximum Gasteiger partial charge on any atom is 0.254 e. The smallest absolute Gasteiger partial charge is 0.254 e. The summed E-state index contributed by atoms with van der Waals surface area (Å²) in [7, 11) is 0. The van der Waals surface area contributed by atoms with Gasteiger partial charge < -0.3 is 24.2 Å². The van der Waals surface area contributed by atoms with Crippen molar-refractivity contribution in [3.8, 4) is 5.75 Å². The second-order valence-electron chi connectivity index (χ2n) is 11.3. The van der Waals surface area contributed by atoms with Crippen LogP contribution in [0.1, 0.15) is 40.4 Å². The van der Waals surface area contributed by atoms with Crippen LogP contribution >= 0.6 is 11.6 Å². The van der Waals surface area contributed by atoms with Gasteiger partial charge in [-0.15, -0.1) is 0 Å². The number of piperazine rings is 1. The lowest BCUT2D eigenvalue weighted by atomic mass is 9.78. The van der Waals surface area contributed by atoms with Gasteiger partial charge in [-0.25, -0.2) is 0 Å². The summed E-state index contributed by atoms with van der Waals surface area (Å²) >= 11 is 6.25. The summed E-state index contributed by atoms with van der Waals surface area (Å²) in [5.41, 5.74) is 3.41. The van der Waals surface area contributed by atoms with E-state index in [9.17, 15) is 9.59 Å². The first kappa shape index (κ1) is 29.5. The largest absolute Gasteiger partial charge is 0.494 e. The summed E-state index contributed by atoms with van der Waals surface area (Å²) in [5, 5.41) is 0.704. The van der Waals surface area contributed by atoms with Gasteiger partial charge >= 0.3 is 0 Å². The van der Waals surface area contributed by atoms with E-state index in [0.717, 1.165) is 42.2 Å². The second-order valence-corrected chi connectivity index (χ2v) is 11.7. The average molecular weight is 603 g/mol. The number of carbonyl (C=O) groups excluding carboxylic acids is 2.